The summed E-state index contributed by atoms with van der Waals surface area (Å²) in [4.78, 5) is 3.88. The van der Waals surface area contributed by atoms with Gasteiger partial charge in [0.25, 0.3) is 0 Å². The van der Waals surface area contributed by atoms with Crippen LogP contribution in [0.25, 0.3) is 0 Å². The fraction of sp³-hybridized carbons (Fsp3) is 0.286. The summed E-state index contributed by atoms with van der Waals surface area (Å²) in [6, 6.07) is 3.30. The molecule has 0 aliphatic rings. The van der Waals surface area contributed by atoms with Gasteiger partial charge in [0.1, 0.15) is 0 Å². The molecule has 1 aromatic heterocycles. The first kappa shape index (κ1) is 9.19. The van der Waals surface area contributed by atoms with Gasteiger partial charge in [-0.1, -0.05) is 6.07 Å². The molecule has 1 rings (SSSR count). The summed E-state index contributed by atoms with van der Waals surface area (Å²) >= 11 is 0. The normalized spacial score (nSPS) is 9.92. The molecule has 0 radical (unpaired) electrons. The molecule has 2 N–H and O–H groups in total. The molecule has 1 aromatic rings. The predicted molar refractivity (Wildman–Crippen MR) is 44.8 cm³/mol. The third-order valence-electron chi connectivity index (χ3n) is 1.52. The van der Waals surface area contributed by atoms with Gasteiger partial charge in [0.2, 0.25) is 0 Å². The van der Waals surface area contributed by atoms with Crippen LogP contribution in [0.2, 0.25) is 0 Å². The molecule has 0 atom stereocenters. The largest absolute Gasteiger partial charge is 0.492 e. The molecule has 0 fully saturated rings. The zero-order chi connectivity index (χ0) is 8.97. The lowest BCUT2D eigenvalue weighted by molar-refractivity contribution is 0.277. The molecule has 5 heteroatoms. The fourth-order valence-electron chi connectivity index (χ4n) is 0.812. The Morgan fingerprint density at radius 1 is 1.58 bits per heavy atom. The van der Waals surface area contributed by atoms with Gasteiger partial charge in [-0.2, -0.15) is 0 Å². The molecule has 0 unspecified atom stereocenters. The van der Waals surface area contributed by atoms with Crippen molar-refractivity contribution in [3.05, 3.63) is 24.0 Å². The summed E-state index contributed by atoms with van der Waals surface area (Å²) in [7, 11) is 0.468. The van der Waals surface area contributed by atoms with E-state index in [0.29, 0.717) is 11.2 Å². The average molecular weight is 167 g/mol. The zero-order valence-electron chi connectivity index (χ0n) is 6.77. The monoisotopic (exact) mass is 167 g/mol. The Morgan fingerprint density at radius 3 is 2.75 bits per heavy atom. The summed E-state index contributed by atoms with van der Waals surface area (Å²) in [5, 5.41) is 17.8. The van der Waals surface area contributed by atoms with Gasteiger partial charge in [0, 0.05) is 18.8 Å². The maximum Gasteiger partial charge on any atom is 0.492 e. The molecule has 0 spiro atoms. The minimum atomic E-state index is -0.940. The van der Waals surface area contributed by atoms with Crippen LogP contribution >= 0.6 is 0 Å². The van der Waals surface area contributed by atoms with Gasteiger partial charge in [0.05, 0.1) is 12.3 Å². The smallest absolute Gasteiger partial charge is 0.423 e. The number of aromatic nitrogens is 1. The third kappa shape index (κ3) is 2.04. The molecular formula is C7H10BNO3. The van der Waals surface area contributed by atoms with E-state index in [1.54, 1.807) is 12.1 Å². The van der Waals surface area contributed by atoms with Crippen molar-refractivity contribution >= 4 is 12.6 Å². The Labute approximate surface area is 71.0 Å². The lowest BCUT2D eigenvalue weighted by atomic mass is 9.81. The van der Waals surface area contributed by atoms with Crippen LogP contribution in [-0.4, -0.2) is 29.3 Å². The Morgan fingerprint density at radius 2 is 2.33 bits per heavy atom. The van der Waals surface area contributed by atoms with Crippen molar-refractivity contribution in [3.8, 4) is 0 Å². The van der Waals surface area contributed by atoms with Crippen LogP contribution < -0.4 is 5.46 Å². The van der Waals surface area contributed by atoms with Crippen molar-refractivity contribution < 1.29 is 14.8 Å². The highest BCUT2D eigenvalue weighted by Gasteiger charge is 2.13. The molecule has 0 aromatic carbocycles. The Bertz CT molecular complexity index is 239. The number of hydrogen-bond acceptors (Lipinski definition) is 4. The molecule has 0 saturated carbocycles. The summed E-state index contributed by atoms with van der Waals surface area (Å²) in [5.41, 5.74) is 1.15. The summed E-state index contributed by atoms with van der Waals surface area (Å²) in [6.07, 6.45) is 1.47. The molecule has 0 aliphatic heterocycles. The highest BCUT2D eigenvalue weighted by atomic mass is 16.5. The van der Waals surface area contributed by atoms with E-state index < -0.39 is 7.12 Å². The molecule has 1 heterocycles. The Balaban J connectivity index is 2.77. The molecule has 12 heavy (non-hydrogen) atoms. The van der Waals surface area contributed by atoms with Gasteiger partial charge in [0.15, 0.2) is 0 Å². The number of rotatable bonds is 3. The van der Waals surface area contributed by atoms with E-state index in [-0.39, 0.29) is 6.61 Å². The quantitative estimate of drug-likeness (QED) is 0.561. The van der Waals surface area contributed by atoms with Crippen molar-refractivity contribution in [2.24, 2.45) is 0 Å². The molecule has 0 amide bonds. The first-order valence-corrected chi connectivity index (χ1v) is 3.54. The van der Waals surface area contributed by atoms with Gasteiger partial charge in [-0.05, 0) is 6.07 Å². The Kier molecular flexibility index (Phi) is 3.22. The SMILES string of the molecule is COB(O)c1ccc(CO)nc1. The number of aliphatic hydroxyl groups is 1. The summed E-state index contributed by atoms with van der Waals surface area (Å²) < 4.78 is 4.66. The van der Waals surface area contributed by atoms with E-state index in [4.69, 9.17) is 10.1 Å². The van der Waals surface area contributed by atoms with Crippen LogP contribution in [0.5, 0.6) is 0 Å². The van der Waals surface area contributed by atoms with Crippen LogP contribution in [0.4, 0.5) is 0 Å². The molecule has 0 saturated heterocycles. The van der Waals surface area contributed by atoms with E-state index in [1.807, 2.05) is 0 Å². The van der Waals surface area contributed by atoms with Gasteiger partial charge < -0.3 is 14.8 Å². The van der Waals surface area contributed by atoms with Gasteiger partial charge in [-0.15, -0.1) is 0 Å². The second-order valence-electron chi connectivity index (χ2n) is 2.33. The van der Waals surface area contributed by atoms with Crippen molar-refractivity contribution in [1.29, 1.82) is 0 Å². The van der Waals surface area contributed by atoms with E-state index in [1.165, 1.54) is 13.3 Å². The van der Waals surface area contributed by atoms with Gasteiger partial charge in [-0.3, -0.25) is 4.98 Å². The molecule has 0 aliphatic carbocycles. The third-order valence-corrected chi connectivity index (χ3v) is 1.52. The lowest BCUT2D eigenvalue weighted by Crippen LogP contribution is -2.32. The highest BCUT2D eigenvalue weighted by Crippen LogP contribution is 1.91. The van der Waals surface area contributed by atoms with Crippen molar-refractivity contribution in [2.45, 2.75) is 6.61 Å². The maximum atomic E-state index is 9.17. The van der Waals surface area contributed by atoms with Crippen molar-refractivity contribution in [2.75, 3.05) is 7.11 Å². The minimum absolute atomic E-state index is 0.0939. The maximum absolute atomic E-state index is 9.17. The second kappa shape index (κ2) is 4.20. The fourth-order valence-corrected chi connectivity index (χ4v) is 0.812. The molecule has 0 bridgehead atoms. The van der Waals surface area contributed by atoms with Crippen molar-refractivity contribution in [3.63, 3.8) is 0 Å². The summed E-state index contributed by atoms with van der Waals surface area (Å²) in [6.45, 7) is -0.0939. The standard InChI is InChI=1S/C7H10BNO3/c1-12-8(11)6-2-3-7(5-10)9-4-6/h2-4,10-11H,5H2,1H3. The zero-order valence-corrected chi connectivity index (χ0v) is 6.77. The van der Waals surface area contributed by atoms with E-state index in [9.17, 15) is 0 Å². The minimum Gasteiger partial charge on any atom is -0.423 e. The molecule has 4 nitrogen and oxygen atoms in total. The van der Waals surface area contributed by atoms with Gasteiger partial charge in [-0.25, -0.2) is 0 Å². The van der Waals surface area contributed by atoms with E-state index in [2.05, 4.69) is 9.64 Å². The topological polar surface area (TPSA) is 62.6 Å². The number of hydrogen-bond donors (Lipinski definition) is 2. The van der Waals surface area contributed by atoms with Crippen LogP contribution in [0.1, 0.15) is 5.69 Å². The second-order valence-corrected chi connectivity index (χ2v) is 2.33. The van der Waals surface area contributed by atoms with E-state index >= 15 is 0 Å². The first-order valence-electron chi connectivity index (χ1n) is 3.54. The van der Waals surface area contributed by atoms with Crippen molar-refractivity contribution in [1.82, 2.24) is 4.98 Å². The number of nitrogens with zero attached hydrogens (tertiary/aromatic N) is 1. The average Bonchev–Trinajstić information content (AvgIpc) is 2.17. The predicted octanol–water partition coefficient (Wildman–Crippen LogP) is -1.09. The number of pyridine rings is 1. The van der Waals surface area contributed by atoms with Gasteiger partial charge >= 0.3 is 7.12 Å². The summed E-state index contributed by atoms with van der Waals surface area (Å²) in [5.74, 6) is 0. The molecular weight excluding hydrogens is 157 g/mol. The van der Waals surface area contributed by atoms with Crippen LogP contribution in [0.3, 0.4) is 0 Å². The van der Waals surface area contributed by atoms with Crippen LogP contribution in [0, 0.1) is 0 Å². The lowest BCUT2D eigenvalue weighted by Gasteiger charge is -2.02. The van der Waals surface area contributed by atoms with Crippen LogP contribution in [-0.2, 0) is 11.3 Å². The first-order chi connectivity index (χ1) is 5.77. The van der Waals surface area contributed by atoms with Crippen LogP contribution in [0.15, 0.2) is 18.3 Å². The molecule has 64 valence electrons. The highest BCUT2D eigenvalue weighted by molar-refractivity contribution is 6.59. The number of aliphatic hydroxyl groups excluding tert-OH is 1. The van der Waals surface area contributed by atoms with E-state index in [0.717, 1.165) is 0 Å². The Hall–Kier alpha value is -0.905.